The van der Waals surface area contributed by atoms with Crippen LogP contribution in [0.4, 0.5) is 0 Å². The Hall–Kier alpha value is -3.14. The van der Waals surface area contributed by atoms with Crippen molar-refractivity contribution >= 4 is 10.8 Å². The molecule has 0 saturated heterocycles. The Bertz CT molecular complexity index is 1110. The van der Waals surface area contributed by atoms with Gasteiger partial charge in [-0.3, -0.25) is 0 Å². The van der Waals surface area contributed by atoms with Crippen molar-refractivity contribution in [2.45, 2.75) is 26.2 Å². The second-order valence-electron chi connectivity index (χ2n) is 7.54. The number of fused-ring (bicyclic) bond motifs is 1. The summed E-state index contributed by atoms with van der Waals surface area (Å²) in [6.07, 6.45) is -0.544. The molecule has 0 fully saturated rings. The maximum atomic E-state index is 10.5. The molecule has 30 heavy (non-hydrogen) atoms. The Morgan fingerprint density at radius 1 is 0.833 bits per heavy atom. The number of aliphatic hydroxyl groups excluding tert-OH is 1. The number of hydrogen-bond donors (Lipinski definition) is 2. The van der Waals surface area contributed by atoms with E-state index in [0.29, 0.717) is 19.7 Å². The van der Waals surface area contributed by atoms with Crippen LogP contribution in [0.2, 0.25) is 0 Å². The van der Waals surface area contributed by atoms with E-state index in [1.807, 2.05) is 54.6 Å². The number of aliphatic hydroxyl groups is 1. The standard InChI is InChI=1S/C27H27NO2/c1-20-9-5-6-13-23(20)19-30-27-16-15-21-10-7-8-14-24(21)25(27)17-28-18-26(29)22-11-3-2-4-12-22/h2-16,26,28-29H,17-19H2,1H3/t26-/m0/s1. The SMILES string of the molecule is Cc1ccccc1COc1ccc2ccccc2c1CNC[C@H](O)c1ccccc1. The number of ether oxygens (including phenoxy) is 1. The fourth-order valence-electron chi connectivity index (χ4n) is 3.69. The molecule has 0 aliphatic rings. The van der Waals surface area contributed by atoms with Crippen LogP contribution in [-0.4, -0.2) is 11.7 Å². The van der Waals surface area contributed by atoms with Crippen LogP contribution in [0.15, 0.2) is 91.0 Å². The van der Waals surface area contributed by atoms with Gasteiger partial charge in [-0.1, -0.05) is 84.9 Å². The van der Waals surface area contributed by atoms with Gasteiger partial charge in [-0.05, 0) is 40.5 Å². The molecule has 0 spiro atoms. The monoisotopic (exact) mass is 397 g/mol. The first-order valence-electron chi connectivity index (χ1n) is 10.3. The molecule has 0 radical (unpaired) electrons. The number of hydrogen-bond acceptors (Lipinski definition) is 3. The molecule has 0 aromatic heterocycles. The summed E-state index contributed by atoms with van der Waals surface area (Å²) in [5, 5.41) is 16.2. The summed E-state index contributed by atoms with van der Waals surface area (Å²) in [5.41, 5.74) is 4.44. The highest BCUT2D eigenvalue weighted by molar-refractivity contribution is 5.87. The summed E-state index contributed by atoms with van der Waals surface area (Å²) in [6, 6.07) is 30.5. The minimum Gasteiger partial charge on any atom is -0.489 e. The molecule has 0 bridgehead atoms. The third kappa shape index (κ3) is 4.70. The Balaban J connectivity index is 1.52. The van der Waals surface area contributed by atoms with Crippen LogP contribution in [0.25, 0.3) is 10.8 Å². The average molecular weight is 398 g/mol. The number of aryl methyl sites for hydroxylation is 1. The molecule has 0 amide bonds. The Labute approximate surface area is 178 Å². The van der Waals surface area contributed by atoms with E-state index in [4.69, 9.17) is 4.74 Å². The van der Waals surface area contributed by atoms with Gasteiger partial charge in [0, 0.05) is 18.7 Å². The lowest BCUT2D eigenvalue weighted by atomic mass is 10.0. The van der Waals surface area contributed by atoms with E-state index >= 15 is 0 Å². The molecular weight excluding hydrogens is 370 g/mol. The summed E-state index contributed by atoms with van der Waals surface area (Å²) in [7, 11) is 0. The number of benzene rings is 4. The van der Waals surface area contributed by atoms with Crippen LogP contribution in [0, 0.1) is 6.92 Å². The molecule has 0 aliphatic heterocycles. The highest BCUT2D eigenvalue weighted by Crippen LogP contribution is 2.29. The molecule has 4 aromatic carbocycles. The number of nitrogens with one attached hydrogen (secondary N) is 1. The van der Waals surface area contributed by atoms with Crippen LogP contribution in [0.5, 0.6) is 5.75 Å². The minimum absolute atomic E-state index is 0.477. The van der Waals surface area contributed by atoms with Crippen molar-refractivity contribution in [3.63, 3.8) is 0 Å². The predicted octanol–water partition coefficient (Wildman–Crippen LogP) is 5.55. The van der Waals surface area contributed by atoms with Crippen molar-refractivity contribution < 1.29 is 9.84 Å². The van der Waals surface area contributed by atoms with Gasteiger partial charge in [0.05, 0.1) is 6.10 Å². The fraction of sp³-hybridized carbons (Fsp3) is 0.185. The summed E-state index contributed by atoms with van der Waals surface area (Å²) in [5.74, 6) is 0.874. The van der Waals surface area contributed by atoms with Crippen LogP contribution in [0.1, 0.15) is 28.4 Å². The van der Waals surface area contributed by atoms with Crippen molar-refractivity contribution in [3.8, 4) is 5.75 Å². The molecule has 0 saturated carbocycles. The molecule has 0 unspecified atom stereocenters. The van der Waals surface area contributed by atoms with Gasteiger partial charge >= 0.3 is 0 Å². The summed E-state index contributed by atoms with van der Waals surface area (Å²) in [6.45, 7) is 3.73. The maximum absolute atomic E-state index is 10.5. The normalized spacial score (nSPS) is 12.1. The Morgan fingerprint density at radius 3 is 2.40 bits per heavy atom. The van der Waals surface area contributed by atoms with Crippen LogP contribution in [-0.2, 0) is 13.2 Å². The second-order valence-corrected chi connectivity index (χ2v) is 7.54. The molecule has 2 N–H and O–H groups in total. The van der Waals surface area contributed by atoms with E-state index < -0.39 is 6.10 Å². The van der Waals surface area contributed by atoms with E-state index in [1.165, 1.54) is 21.9 Å². The molecule has 3 nitrogen and oxygen atoms in total. The third-order valence-electron chi connectivity index (χ3n) is 5.47. The van der Waals surface area contributed by atoms with Crippen molar-refractivity contribution in [1.29, 1.82) is 0 Å². The minimum atomic E-state index is -0.544. The first kappa shape index (κ1) is 20.1. The first-order valence-corrected chi connectivity index (χ1v) is 10.3. The zero-order valence-corrected chi connectivity index (χ0v) is 17.2. The molecule has 0 heterocycles. The molecular formula is C27H27NO2. The summed E-state index contributed by atoms with van der Waals surface area (Å²) >= 11 is 0. The maximum Gasteiger partial charge on any atom is 0.124 e. The van der Waals surface area contributed by atoms with E-state index in [9.17, 15) is 5.11 Å². The summed E-state index contributed by atoms with van der Waals surface area (Å²) < 4.78 is 6.25. The average Bonchev–Trinajstić information content (AvgIpc) is 2.79. The molecule has 0 aliphatic carbocycles. The van der Waals surface area contributed by atoms with Crippen molar-refractivity contribution in [2.75, 3.05) is 6.54 Å². The highest BCUT2D eigenvalue weighted by atomic mass is 16.5. The zero-order chi connectivity index (χ0) is 20.8. The van der Waals surface area contributed by atoms with Gasteiger partial charge in [0.1, 0.15) is 12.4 Å². The van der Waals surface area contributed by atoms with Crippen molar-refractivity contribution in [2.24, 2.45) is 0 Å². The first-order chi connectivity index (χ1) is 14.7. The largest absolute Gasteiger partial charge is 0.489 e. The van der Waals surface area contributed by atoms with E-state index in [-0.39, 0.29) is 0 Å². The van der Waals surface area contributed by atoms with Crippen LogP contribution in [0.3, 0.4) is 0 Å². The lowest BCUT2D eigenvalue weighted by Gasteiger charge is -2.17. The van der Waals surface area contributed by atoms with E-state index in [2.05, 4.69) is 48.6 Å². The molecule has 152 valence electrons. The smallest absolute Gasteiger partial charge is 0.124 e. The molecule has 4 rings (SSSR count). The zero-order valence-electron chi connectivity index (χ0n) is 17.2. The lowest BCUT2D eigenvalue weighted by molar-refractivity contribution is 0.174. The Morgan fingerprint density at radius 2 is 1.57 bits per heavy atom. The number of rotatable bonds is 8. The fourth-order valence-corrected chi connectivity index (χ4v) is 3.69. The van der Waals surface area contributed by atoms with Gasteiger partial charge in [-0.15, -0.1) is 0 Å². The quantitative estimate of drug-likeness (QED) is 0.410. The molecule has 1 atom stereocenters. The van der Waals surface area contributed by atoms with Crippen molar-refractivity contribution in [3.05, 3.63) is 113 Å². The molecule has 3 heteroatoms. The topological polar surface area (TPSA) is 41.5 Å². The van der Waals surface area contributed by atoms with Gasteiger partial charge in [-0.2, -0.15) is 0 Å². The van der Waals surface area contributed by atoms with Gasteiger partial charge in [0.25, 0.3) is 0 Å². The van der Waals surface area contributed by atoms with Gasteiger partial charge in [-0.25, -0.2) is 0 Å². The third-order valence-corrected chi connectivity index (χ3v) is 5.47. The van der Waals surface area contributed by atoms with Gasteiger partial charge < -0.3 is 15.2 Å². The van der Waals surface area contributed by atoms with Gasteiger partial charge in [0.15, 0.2) is 0 Å². The lowest BCUT2D eigenvalue weighted by Crippen LogP contribution is -2.21. The Kier molecular flexibility index (Phi) is 6.43. The highest BCUT2D eigenvalue weighted by Gasteiger charge is 2.12. The van der Waals surface area contributed by atoms with Crippen LogP contribution >= 0.6 is 0 Å². The van der Waals surface area contributed by atoms with Gasteiger partial charge in [0.2, 0.25) is 0 Å². The second kappa shape index (κ2) is 9.57. The van der Waals surface area contributed by atoms with E-state index in [1.54, 1.807) is 0 Å². The van der Waals surface area contributed by atoms with Crippen molar-refractivity contribution in [1.82, 2.24) is 5.32 Å². The predicted molar refractivity (Wildman–Crippen MR) is 123 cm³/mol. The summed E-state index contributed by atoms with van der Waals surface area (Å²) in [4.78, 5) is 0. The van der Waals surface area contributed by atoms with E-state index in [0.717, 1.165) is 16.9 Å². The molecule has 4 aromatic rings. The van der Waals surface area contributed by atoms with Crippen LogP contribution < -0.4 is 10.1 Å².